The molecule has 6 heteroatoms. The monoisotopic (exact) mass is 241 g/mol. The normalized spacial score (nSPS) is 14.4. The zero-order chi connectivity index (χ0) is 12.9. The third-order valence-electron chi connectivity index (χ3n) is 2.37. The molecule has 1 aromatic heterocycles. The highest BCUT2D eigenvalue weighted by Gasteiger charge is 2.30. The van der Waals surface area contributed by atoms with Crippen LogP contribution in [0.3, 0.4) is 0 Å². The van der Waals surface area contributed by atoms with Crippen LogP contribution in [-0.2, 0) is 16.1 Å². The summed E-state index contributed by atoms with van der Waals surface area (Å²) in [6.45, 7) is 4.85. The SMILES string of the molecule is COC(=O)C(C)(O)CNCCn1cc(C)cn1. The molecule has 1 unspecified atom stereocenters. The van der Waals surface area contributed by atoms with Gasteiger partial charge in [0.2, 0.25) is 0 Å². The molecule has 96 valence electrons. The Balaban J connectivity index is 2.26. The molecule has 1 aromatic rings. The molecule has 1 atom stereocenters. The Kier molecular flexibility index (Phi) is 4.65. The third-order valence-corrected chi connectivity index (χ3v) is 2.37. The number of aryl methyl sites for hydroxylation is 1. The predicted molar refractivity (Wildman–Crippen MR) is 62.5 cm³/mol. The van der Waals surface area contributed by atoms with Crippen molar-refractivity contribution in [2.45, 2.75) is 26.0 Å². The second kappa shape index (κ2) is 5.79. The van der Waals surface area contributed by atoms with Crippen LogP contribution >= 0.6 is 0 Å². The molecule has 0 fully saturated rings. The number of hydrogen-bond acceptors (Lipinski definition) is 5. The first-order valence-corrected chi connectivity index (χ1v) is 5.46. The topological polar surface area (TPSA) is 76.4 Å². The molecule has 0 aliphatic rings. The maximum atomic E-state index is 11.2. The molecular weight excluding hydrogens is 222 g/mol. The third kappa shape index (κ3) is 4.16. The van der Waals surface area contributed by atoms with Crippen molar-refractivity contribution >= 4 is 5.97 Å². The predicted octanol–water partition coefficient (Wildman–Crippen LogP) is -0.295. The van der Waals surface area contributed by atoms with Gasteiger partial charge in [0.05, 0.1) is 19.9 Å². The van der Waals surface area contributed by atoms with E-state index in [0.717, 1.165) is 5.56 Å². The van der Waals surface area contributed by atoms with Crippen LogP contribution in [-0.4, -0.2) is 46.7 Å². The maximum absolute atomic E-state index is 11.2. The Labute approximate surface area is 101 Å². The van der Waals surface area contributed by atoms with E-state index in [2.05, 4.69) is 15.2 Å². The van der Waals surface area contributed by atoms with Crippen molar-refractivity contribution in [1.82, 2.24) is 15.1 Å². The van der Waals surface area contributed by atoms with Crippen LogP contribution in [0.1, 0.15) is 12.5 Å². The molecule has 1 rings (SSSR count). The van der Waals surface area contributed by atoms with Gasteiger partial charge in [-0.15, -0.1) is 0 Å². The minimum absolute atomic E-state index is 0.153. The molecule has 0 radical (unpaired) electrons. The molecule has 1 heterocycles. The second-order valence-electron chi connectivity index (χ2n) is 4.22. The number of nitrogens with zero attached hydrogens (tertiary/aromatic N) is 2. The molecule has 0 saturated carbocycles. The Morgan fingerprint density at radius 1 is 1.71 bits per heavy atom. The fourth-order valence-corrected chi connectivity index (χ4v) is 1.41. The van der Waals surface area contributed by atoms with Crippen LogP contribution in [0, 0.1) is 6.92 Å². The minimum Gasteiger partial charge on any atom is -0.467 e. The number of carbonyl (C=O) groups excluding carboxylic acids is 1. The van der Waals surface area contributed by atoms with E-state index in [1.807, 2.05) is 13.1 Å². The summed E-state index contributed by atoms with van der Waals surface area (Å²) in [5, 5.41) is 16.8. The molecule has 0 saturated heterocycles. The summed E-state index contributed by atoms with van der Waals surface area (Å²) in [5.74, 6) is -0.639. The number of carbonyl (C=O) groups is 1. The zero-order valence-electron chi connectivity index (χ0n) is 10.4. The minimum atomic E-state index is -1.49. The van der Waals surface area contributed by atoms with E-state index >= 15 is 0 Å². The van der Waals surface area contributed by atoms with Crippen molar-refractivity contribution in [3.8, 4) is 0 Å². The van der Waals surface area contributed by atoms with E-state index in [9.17, 15) is 9.90 Å². The molecule has 6 nitrogen and oxygen atoms in total. The van der Waals surface area contributed by atoms with E-state index in [-0.39, 0.29) is 6.54 Å². The molecule has 17 heavy (non-hydrogen) atoms. The molecule has 0 spiro atoms. The molecule has 0 aliphatic carbocycles. The Hall–Kier alpha value is -1.40. The molecule has 0 bridgehead atoms. The number of nitrogens with one attached hydrogen (secondary N) is 1. The fourth-order valence-electron chi connectivity index (χ4n) is 1.41. The van der Waals surface area contributed by atoms with Crippen LogP contribution < -0.4 is 5.32 Å². The van der Waals surface area contributed by atoms with Gasteiger partial charge in [0.1, 0.15) is 0 Å². The van der Waals surface area contributed by atoms with Gasteiger partial charge in [0, 0.05) is 19.3 Å². The van der Waals surface area contributed by atoms with Crippen molar-refractivity contribution in [3.63, 3.8) is 0 Å². The van der Waals surface area contributed by atoms with Gasteiger partial charge in [-0.05, 0) is 19.4 Å². The van der Waals surface area contributed by atoms with Crippen LogP contribution in [0.4, 0.5) is 0 Å². The first kappa shape index (κ1) is 13.7. The van der Waals surface area contributed by atoms with E-state index < -0.39 is 11.6 Å². The highest BCUT2D eigenvalue weighted by atomic mass is 16.5. The smallest absolute Gasteiger partial charge is 0.338 e. The number of aromatic nitrogens is 2. The van der Waals surface area contributed by atoms with Crippen LogP contribution in [0.15, 0.2) is 12.4 Å². The summed E-state index contributed by atoms with van der Waals surface area (Å²) in [5.41, 5.74) is -0.388. The van der Waals surface area contributed by atoms with Gasteiger partial charge in [-0.3, -0.25) is 4.68 Å². The van der Waals surface area contributed by atoms with Gasteiger partial charge in [0.15, 0.2) is 5.60 Å². The molecule has 2 N–H and O–H groups in total. The van der Waals surface area contributed by atoms with Crippen molar-refractivity contribution < 1.29 is 14.6 Å². The lowest BCUT2D eigenvalue weighted by Gasteiger charge is -2.20. The lowest BCUT2D eigenvalue weighted by molar-refractivity contribution is -0.159. The molecule has 0 aliphatic heterocycles. The number of methoxy groups -OCH3 is 1. The van der Waals surface area contributed by atoms with Gasteiger partial charge in [-0.25, -0.2) is 4.79 Å². The zero-order valence-corrected chi connectivity index (χ0v) is 10.4. The average Bonchev–Trinajstić information content (AvgIpc) is 2.69. The maximum Gasteiger partial charge on any atom is 0.338 e. The molecule has 0 amide bonds. The van der Waals surface area contributed by atoms with Crippen LogP contribution in [0.25, 0.3) is 0 Å². The van der Waals surface area contributed by atoms with E-state index in [1.165, 1.54) is 14.0 Å². The van der Waals surface area contributed by atoms with Gasteiger partial charge < -0.3 is 15.2 Å². The Morgan fingerprint density at radius 3 is 2.94 bits per heavy atom. The average molecular weight is 241 g/mol. The van der Waals surface area contributed by atoms with Crippen molar-refractivity contribution in [3.05, 3.63) is 18.0 Å². The summed E-state index contributed by atoms with van der Waals surface area (Å²) < 4.78 is 6.29. The van der Waals surface area contributed by atoms with Gasteiger partial charge in [0.25, 0.3) is 0 Å². The van der Waals surface area contributed by atoms with E-state index in [4.69, 9.17) is 0 Å². The first-order valence-electron chi connectivity index (χ1n) is 5.46. The number of aliphatic hydroxyl groups is 1. The summed E-state index contributed by atoms with van der Waals surface area (Å²) in [7, 11) is 1.25. The van der Waals surface area contributed by atoms with Crippen LogP contribution in [0.5, 0.6) is 0 Å². The Morgan fingerprint density at radius 2 is 2.41 bits per heavy atom. The van der Waals surface area contributed by atoms with E-state index in [1.54, 1.807) is 10.9 Å². The summed E-state index contributed by atoms with van der Waals surface area (Å²) in [4.78, 5) is 11.2. The highest BCUT2D eigenvalue weighted by Crippen LogP contribution is 2.03. The summed E-state index contributed by atoms with van der Waals surface area (Å²) >= 11 is 0. The lowest BCUT2D eigenvalue weighted by atomic mass is 10.1. The molecule has 0 aromatic carbocycles. The largest absolute Gasteiger partial charge is 0.467 e. The van der Waals surface area contributed by atoms with Gasteiger partial charge in [-0.1, -0.05) is 0 Å². The van der Waals surface area contributed by atoms with Crippen LogP contribution in [0.2, 0.25) is 0 Å². The number of esters is 1. The first-order chi connectivity index (χ1) is 7.95. The fraction of sp³-hybridized carbons (Fsp3) is 0.636. The summed E-state index contributed by atoms with van der Waals surface area (Å²) in [6, 6.07) is 0. The second-order valence-corrected chi connectivity index (χ2v) is 4.22. The van der Waals surface area contributed by atoms with Crippen molar-refractivity contribution in [2.24, 2.45) is 0 Å². The van der Waals surface area contributed by atoms with E-state index in [0.29, 0.717) is 13.1 Å². The summed E-state index contributed by atoms with van der Waals surface area (Å²) in [6.07, 6.45) is 3.71. The van der Waals surface area contributed by atoms with Gasteiger partial charge >= 0.3 is 5.97 Å². The van der Waals surface area contributed by atoms with Gasteiger partial charge in [-0.2, -0.15) is 5.10 Å². The lowest BCUT2D eigenvalue weighted by Crippen LogP contribution is -2.46. The number of hydrogen-bond donors (Lipinski definition) is 2. The standard InChI is InChI=1S/C11H19N3O3/c1-9-6-13-14(7-9)5-4-12-8-11(2,16)10(15)17-3/h6-7,12,16H,4-5,8H2,1-3H3. The van der Waals surface area contributed by atoms with Crippen molar-refractivity contribution in [2.75, 3.05) is 20.2 Å². The Bertz CT molecular complexity index is 374. The number of ether oxygens (including phenoxy) is 1. The molecular formula is C11H19N3O3. The number of rotatable bonds is 6. The highest BCUT2D eigenvalue weighted by molar-refractivity contribution is 5.78. The van der Waals surface area contributed by atoms with Crippen molar-refractivity contribution in [1.29, 1.82) is 0 Å². The quantitative estimate of drug-likeness (QED) is 0.528.